The average molecular weight is 421 g/mol. The Kier molecular flexibility index (Phi) is 5.63. The van der Waals surface area contributed by atoms with Gasteiger partial charge in [0.1, 0.15) is 5.82 Å². The lowest BCUT2D eigenvalue weighted by Crippen LogP contribution is -2.50. The molecule has 0 unspecified atom stereocenters. The van der Waals surface area contributed by atoms with Crippen LogP contribution in [0.1, 0.15) is 48.4 Å². The van der Waals surface area contributed by atoms with Gasteiger partial charge in [0.15, 0.2) is 5.82 Å². The van der Waals surface area contributed by atoms with Gasteiger partial charge in [-0.1, -0.05) is 19.9 Å². The van der Waals surface area contributed by atoms with Crippen LogP contribution in [0.15, 0.2) is 30.3 Å². The fourth-order valence-corrected chi connectivity index (χ4v) is 3.94. The molecular formula is C23H28N6O2. The highest BCUT2D eigenvalue weighted by Crippen LogP contribution is 2.29. The van der Waals surface area contributed by atoms with E-state index < -0.39 is 0 Å². The molecule has 4 rings (SSSR count). The first-order valence-electron chi connectivity index (χ1n) is 10.6. The Morgan fingerprint density at radius 1 is 1.03 bits per heavy atom. The van der Waals surface area contributed by atoms with Crippen LogP contribution in [-0.4, -0.2) is 63.0 Å². The van der Waals surface area contributed by atoms with E-state index in [1.54, 1.807) is 11.8 Å². The summed E-state index contributed by atoms with van der Waals surface area (Å²) < 4.78 is 0. The zero-order valence-corrected chi connectivity index (χ0v) is 18.4. The Labute approximate surface area is 181 Å². The fraction of sp³-hybridized carbons (Fsp3) is 0.391. The smallest absolute Gasteiger partial charge is 0.253 e. The molecule has 0 spiro atoms. The van der Waals surface area contributed by atoms with Gasteiger partial charge in [-0.25, -0.2) is 4.98 Å². The van der Waals surface area contributed by atoms with Crippen molar-refractivity contribution in [2.45, 2.75) is 33.6 Å². The molecule has 0 aliphatic carbocycles. The van der Waals surface area contributed by atoms with Gasteiger partial charge in [0, 0.05) is 55.8 Å². The molecule has 0 saturated carbocycles. The van der Waals surface area contributed by atoms with Crippen LogP contribution in [0.4, 0.5) is 11.6 Å². The van der Waals surface area contributed by atoms with Gasteiger partial charge in [0.2, 0.25) is 5.91 Å². The zero-order valence-electron chi connectivity index (χ0n) is 18.4. The number of aromatic amines is 1. The number of amides is 2. The summed E-state index contributed by atoms with van der Waals surface area (Å²) in [6, 6.07) is 9.67. The lowest BCUT2D eigenvalue weighted by atomic mass is 9.99. The number of aromatic nitrogens is 3. The molecule has 1 aliphatic rings. The summed E-state index contributed by atoms with van der Waals surface area (Å²) in [6.45, 7) is 9.98. The third-order valence-electron chi connectivity index (χ3n) is 5.63. The second-order valence-electron chi connectivity index (χ2n) is 8.34. The van der Waals surface area contributed by atoms with Crippen molar-refractivity contribution in [1.82, 2.24) is 25.0 Å². The van der Waals surface area contributed by atoms with Gasteiger partial charge in [-0.2, -0.15) is 5.10 Å². The van der Waals surface area contributed by atoms with Gasteiger partial charge < -0.3 is 15.1 Å². The van der Waals surface area contributed by atoms with Crippen LogP contribution in [0.5, 0.6) is 0 Å². The molecule has 3 aromatic rings. The van der Waals surface area contributed by atoms with Crippen LogP contribution in [0.3, 0.4) is 0 Å². The summed E-state index contributed by atoms with van der Waals surface area (Å²) in [4.78, 5) is 33.0. The number of hydrogen-bond donors (Lipinski definition) is 2. The van der Waals surface area contributed by atoms with Crippen LogP contribution in [0.25, 0.3) is 10.8 Å². The monoisotopic (exact) mass is 420 g/mol. The molecule has 0 bridgehead atoms. The molecule has 8 heteroatoms. The minimum Gasteiger partial charge on any atom is -0.339 e. The summed E-state index contributed by atoms with van der Waals surface area (Å²) in [5.74, 6) is 1.67. The number of piperazine rings is 1. The highest BCUT2D eigenvalue weighted by molar-refractivity contribution is 5.99. The first-order valence-corrected chi connectivity index (χ1v) is 10.6. The van der Waals surface area contributed by atoms with E-state index in [0.29, 0.717) is 43.4 Å². The summed E-state index contributed by atoms with van der Waals surface area (Å²) in [5.41, 5.74) is 2.58. The van der Waals surface area contributed by atoms with E-state index in [9.17, 15) is 9.59 Å². The number of carbonyl (C=O) groups excluding carboxylic acids is 2. The number of pyridine rings is 1. The third kappa shape index (κ3) is 4.38. The minimum atomic E-state index is -0.00885. The Morgan fingerprint density at radius 2 is 1.74 bits per heavy atom. The highest BCUT2D eigenvalue weighted by atomic mass is 16.2. The number of nitrogens with zero attached hydrogens (tertiary/aromatic N) is 4. The fourth-order valence-electron chi connectivity index (χ4n) is 3.94. The van der Waals surface area contributed by atoms with Crippen molar-refractivity contribution < 1.29 is 9.59 Å². The predicted molar refractivity (Wildman–Crippen MR) is 121 cm³/mol. The predicted octanol–water partition coefficient (Wildman–Crippen LogP) is 3.44. The molecule has 1 saturated heterocycles. The van der Waals surface area contributed by atoms with Crippen molar-refractivity contribution in [3.63, 3.8) is 0 Å². The van der Waals surface area contributed by atoms with Crippen molar-refractivity contribution in [1.29, 1.82) is 0 Å². The molecule has 2 N–H and O–H groups in total. The molecule has 0 radical (unpaired) electrons. The van der Waals surface area contributed by atoms with E-state index in [4.69, 9.17) is 4.98 Å². The second-order valence-corrected chi connectivity index (χ2v) is 8.34. The SMILES string of the molecule is CC(=O)N1CCN(C(=O)c2ccc3c(C(C)C)nc(Nc4cc(C)[nH]n4)cc3c2)CC1. The number of rotatable bonds is 4. The lowest BCUT2D eigenvalue weighted by Gasteiger charge is -2.34. The van der Waals surface area contributed by atoms with Gasteiger partial charge in [-0.05, 0) is 36.4 Å². The van der Waals surface area contributed by atoms with Crippen molar-refractivity contribution in [2.24, 2.45) is 0 Å². The Morgan fingerprint density at radius 3 is 2.35 bits per heavy atom. The lowest BCUT2D eigenvalue weighted by molar-refractivity contribution is -0.130. The van der Waals surface area contributed by atoms with Gasteiger partial charge in [-0.3, -0.25) is 14.7 Å². The normalized spacial score (nSPS) is 14.4. The molecule has 3 heterocycles. The third-order valence-corrected chi connectivity index (χ3v) is 5.63. The number of carbonyl (C=O) groups is 2. The number of fused-ring (bicyclic) bond motifs is 1. The Hall–Kier alpha value is -3.42. The number of anilines is 2. The highest BCUT2D eigenvalue weighted by Gasteiger charge is 2.23. The molecule has 31 heavy (non-hydrogen) atoms. The maximum atomic E-state index is 13.1. The number of H-pyrrole nitrogens is 1. The van der Waals surface area contributed by atoms with Crippen molar-refractivity contribution >= 4 is 34.2 Å². The molecule has 8 nitrogen and oxygen atoms in total. The maximum Gasteiger partial charge on any atom is 0.253 e. The quantitative estimate of drug-likeness (QED) is 0.674. The van der Waals surface area contributed by atoms with E-state index in [1.807, 2.05) is 42.2 Å². The molecular weight excluding hydrogens is 392 g/mol. The van der Waals surface area contributed by atoms with Crippen LogP contribution in [-0.2, 0) is 4.79 Å². The molecule has 2 amide bonds. The summed E-state index contributed by atoms with van der Waals surface area (Å²) in [5, 5.41) is 12.4. The minimum absolute atomic E-state index is 0.00885. The van der Waals surface area contributed by atoms with Crippen LogP contribution < -0.4 is 5.32 Å². The van der Waals surface area contributed by atoms with Crippen LogP contribution in [0.2, 0.25) is 0 Å². The van der Waals surface area contributed by atoms with E-state index in [1.165, 1.54) is 0 Å². The first kappa shape index (κ1) is 20.8. The number of hydrogen-bond acceptors (Lipinski definition) is 5. The van der Waals surface area contributed by atoms with Gasteiger partial charge in [0.05, 0.1) is 5.69 Å². The van der Waals surface area contributed by atoms with E-state index >= 15 is 0 Å². The van der Waals surface area contributed by atoms with Crippen LogP contribution >= 0.6 is 0 Å². The molecule has 1 aromatic carbocycles. The topological polar surface area (TPSA) is 94.2 Å². The molecule has 2 aromatic heterocycles. The summed E-state index contributed by atoms with van der Waals surface area (Å²) in [6.07, 6.45) is 0. The Balaban J connectivity index is 1.64. The van der Waals surface area contributed by atoms with E-state index in [2.05, 4.69) is 29.4 Å². The molecule has 0 atom stereocenters. The molecule has 1 aliphatic heterocycles. The largest absolute Gasteiger partial charge is 0.339 e. The summed E-state index contributed by atoms with van der Waals surface area (Å²) >= 11 is 0. The second kappa shape index (κ2) is 8.37. The number of benzene rings is 1. The van der Waals surface area contributed by atoms with Crippen molar-refractivity contribution in [3.05, 3.63) is 47.3 Å². The van der Waals surface area contributed by atoms with Crippen molar-refractivity contribution in [3.8, 4) is 0 Å². The molecule has 1 fully saturated rings. The number of nitrogens with one attached hydrogen (secondary N) is 2. The van der Waals surface area contributed by atoms with Crippen LogP contribution in [0, 0.1) is 6.92 Å². The van der Waals surface area contributed by atoms with Gasteiger partial charge in [-0.15, -0.1) is 0 Å². The summed E-state index contributed by atoms with van der Waals surface area (Å²) in [7, 11) is 0. The first-order chi connectivity index (χ1) is 14.8. The van der Waals surface area contributed by atoms with Gasteiger partial charge in [0.25, 0.3) is 5.91 Å². The van der Waals surface area contributed by atoms with Gasteiger partial charge >= 0.3 is 0 Å². The zero-order chi connectivity index (χ0) is 22.1. The number of aryl methyl sites for hydroxylation is 1. The standard InChI is InChI=1S/C23H28N6O2/c1-14(2)22-19-6-5-17(23(31)29-9-7-28(8-10-29)16(4)30)12-18(19)13-20(25-22)24-21-11-15(3)26-27-21/h5-6,11-14H,7-10H2,1-4H3,(H2,24,25,26,27). The maximum absolute atomic E-state index is 13.1. The average Bonchev–Trinajstić information content (AvgIpc) is 3.16. The molecule has 162 valence electrons. The van der Waals surface area contributed by atoms with E-state index in [-0.39, 0.29) is 17.7 Å². The van der Waals surface area contributed by atoms with E-state index in [0.717, 1.165) is 22.2 Å². The van der Waals surface area contributed by atoms with Crippen molar-refractivity contribution in [2.75, 3.05) is 31.5 Å². The Bertz CT molecular complexity index is 1130.